The van der Waals surface area contributed by atoms with Crippen molar-refractivity contribution in [2.24, 2.45) is 0 Å². The Balaban J connectivity index is 2.13. The van der Waals surface area contributed by atoms with E-state index in [4.69, 9.17) is 0 Å². The van der Waals surface area contributed by atoms with Crippen LogP contribution in [0.1, 0.15) is 5.56 Å². The summed E-state index contributed by atoms with van der Waals surface area (Å²) < 4.78 is 0. The Bertz CT molecular complexity index is 644. The van der Waals surface area contributed by atoms with Crippen molar-refractivity contribution in [3.8, 4) is 0 Å². The van der Waals surface area contributed by atoms with Gasteiger partial charge in [0.1, 0.15) is 0 Å². The third-order valence-corrected chi connectivity index (χ3v) is 4.32. The first-order valence-electron chi connectivity index (χ1n) is 7.51. The molecule has 114 valence electrons. The monoisotopic (exact) mass is 295 g/mol. The molecule has 1 atom stereocenters. The number of hydrogen-bond donors (Lipinski definition) is 1. The van der Waals surface area contributed by atoms with E-state index in [1.165, 1.54) is 0 Å². The van der Waals surface area contributed by atoms with E-state index in [-0.39, 0.29) is 5.91 Å². The molecule has 1 fully saturated rings. The second-order valence-electron chi connectivity index (χ2n) is 5.62. The molecule has 2 aromatic carbocycles. The highest BCUT2D eigenvalue weighted by atomic mass is 16.2. The standard InChI is InChI=1S/C18H21N3O/c1-20-14-13-19-18(17(20)22,15-9-5-3-6-10-15)21(2)16-11-7-4-8-12-16/h3-12,19H,13-14H2,1-2H3. The van der Waals surface area contributed by atoms with Gasteiger partial charge >= 0.3 is 0 Å². The Hall–Kier alpha value is -2.33. The lowest BCUT2D eigenvalue weighted by Crippen LogP contribution is -2.68. The van der Waals surface area contributed by atoms with Crippen LogP contribution in [0.2, 0.25) is 0 Å². The summed E-state index contributed by atoms with van der Waals surface area (Å²) in [5, 5.41) is 3.46. The molecule has 4 nitrogen and oxygen atoms in total. The van der Waals surface area contributed by atoms with E-state index >= 15 is 0 Å². The number of benzene rings is 2. The van der Waals surface area contributed by atoms with Gasteiger partial charge in [0.15, 0.2) is 5.66 Å². The molecule has 0 saturated carbocycles. The van der Waals surface area contributed by atoms with Gasteiger partial charge in [-0.25, -0.2) is 0 Å². The minimum atomic E-state index is -0.865. The summed E-state index contributed by atoms with van der Waals surface area (Å²) in [6.45, 7) is 1.48. The van der Waals surface area contributed by atoms with E-state index in [2.05, 4.69) is 5.32 Å². The van der Waals surface area contributed by atoms with E-state index in [1.54, 1.807) is 4.90 Å². The lowest BCUT2D eigenvalue weighted by Gasteiger charge is -2.47. The normalized spacial score (nSPS) is 21.7. The quantitative estimate of drug-likeness (QED) is 0.941. The van der Waals surface area contributed by atoms with Crippen molar-refractivity contribution in [2.75, 3.05) is 32.1 Å². The number of carbonyl (C=O) groups is 1. The SMILES string of the molecule is CN1CCNC(c2ccccc2)(N(C)c2ccccc2)C1=O. The summed E-state index contributed by atoms with van der Waals surface area (Å²) in [7, 11) is 3.83. The highest BCUT2D eigenvalue weighted by Crippen LogP contribution is 2.32. The summed E-state index contributed by atoms with van der Waals surface area (Å²) in [4.78, 5) is 16.9. The first-order chi connectivity index (χ1) is 10.7. The molecule has 22 heavy (non-hydrogen) atoms. The number of likely N-dealkylation sites (N-methyl/N-ethyl adjacent to an activating group) is 2. The van der Waals surface area contributed by atoms with Crippen molar-refractivity contribution in [1.29, 1.82) is 0 Å². The molecule has 0 bridgehead atoms. The minimum absolute atomic E-state index is 0.0660. The number of hydrogen-bond acceptors (Lipinski definition) is 3. The molecule has 4 heteroatoms. The molecule has 1 heterocycles. The lowest BCUT2D eigenvalue weighted by molar-refractivity contribution is -0.140. The molecule has 1 aliphatic rings. The summed E-state index contributed by atoms with van der Waals surface area (Å²) in [5.41, 5.74) is 1.09. The van der Waals surface area contributed by atoms with Crippen LogP contribution >= 0.6 is 0 Å². The Morgan fingerprint density at radius 2 is 1.64 bits per heavy atom. The van der Waals surface area contributed by atoms with Gasteiger partial charge < -0.3 is 9.80 Å². The van der Waals surface area contributed by atoms with E-state index < -0.39 is 5.66 Å². The number of nitrogens with zero attached hydrogens (tertiary/aromatic N) is 2. The second kappa shape index (κ2) is 5.81. The van der Waals surface area contributed by atoms with Crippen LogP contribution in [0.25, 0.3) is 0 Å². The van der Waals surface area contributed by atoms with E-state index in [0.717, 1.165) is 24.3 Å². The Morgan fingerprint density at radius 1 is 1.05 bits per heavy atom. The highest BCUT2D eigenvalue weighted by molar-refractivity contribution is 5.91. The molecule has 1 aliphatic heterocycles. The Labute approximate surface area is 131 Å². The maximum absolute atomic E-state index is 13.1. The van der Waals surface area contributed by atoms with Gasteiger partial charge in [-0.05, 0) is 12.1 Å². The van der Waals surface area contributed by atoms with Crippen LogP contribution in [0.3, 0.4) is 0 Å². The number of nitrogens with one attached hydrogen (secondary N) is 1. The third kappa shape index (κ3) is 2.25. The maximum Gasteiger partial charge on any atom is 0.268 e. The van der Waals surface area contributed by atoms with Crippen LogP contribution in [0, 0.1) is 0 Å². The van der Waals surface area contributed by atoms with Crippen molar-refractivity contribution >= 4 is 11.6 Å². The van der Waals surface area contributed by atoms with Crippen molar-refractivity contribution in [2.45, 2.75) is 5.66 Å². The molecular formula is C18H21N3O. The fourth-order valence-electron chi connectivity index (χ4n) is 3.06. The lowest BCUT2D eigenvalue weighted by atomic mass is 9.93. The molecule has 1 N–H and O–H groups in total. The smallest absolute Gasteiger partial charge is 0.268 e. The fourth-order valence-corrected chi connectivity index (χ4v) is 3.06. The van der Waals surface area contributed by atoms with Crippen LogP contribution in [-0.2, 0) is 10.5 Å². The third-order valence-electron chi connectivity index (χ3n) is 4.32. The van der Waals surface area contributed by atoms with E-state index in [1.807, 2.05) is 79.7 Å². The zero-order valence-electron chi connectivity index (χ0n) is 13.0. The van der Waals surface area contributed by atoms with E-state index in [9.17, 15) is 4.79 Å². The zero-order chi connectivity index (χ0) is 15.6. The van der Waals surface area contributed by atoms with Gasteiger partial charge in [0.25, 0.3) is 5.91 Å². The van der Waals surface area contributed by atoms with Gasteiger partial charge in [-0.3, -0.25) is 10.1 Å². The molecule has 0 aliphatic carbocycles. The molecular weight excluding hydrogens is 274 g/mol. The predicted octanol–water partition coefficient (Wildman–Crippen LogP) is 2.04. The molecule has 0 radical (unpaired) electrons. The largest absolute Gasteiger partial charge is 0.345 e. The minimum Gasteiger partial charge on any atom is -0.345 e. The predicted molar refractivity (Wildman–Crippen MR) is 88.6 cm³/mol. The van der Waals surface area contributed by atoms with Gasteiger partial charge in [0, 0.05) is 38.4 Å². The van der Waals surface area contributed by atoms with Crippen molar-refractivity contribution in [1.82, 2.24) is 10.2 Å². The van der Waals surface area contributed by atoms with Crippen molar-refractivity contribution in [3.05, 3.63) is 66.2 Å². The summed E-state index contributed by atoms with van der Waals surface area (Å²) in [6.07, 6.45) is 0. The number of anilines is 1. The summed E-state index contributed by atoms with van der Waals surface area (Å²) >= 11 is 0. The molecule has 1 saturated heterocycles. The van der Waals surface area contributed by atoms with Crippen LogP contribution in [-0.4, -0.2) is 38.0 Å². The maximum atomic E-state index is 13.1. The fraction of sp³-hybridized carbons (Fsp3) is 0.278. The van der Waals surface area contributed by atoms with Crippen LogP contribution in [0.4, 0.5) is 5.69 Å². The van der Waals surface area contributed by atoms with E-state index in [0.29, 0.717) is 0 Å². The van der Waals surface area contributed by atoms with Crippen LogP contribution in [0.15, 0.2) is 60.7 Å². The molecule has 1 amide bonds. The topological polar surface area (TPSA) is 35.6 Å². The molecule has 0 spiro atoms. The summed E-state index contributed by atoms with van der Waals surface area (Å²) in [6, 6.07) is 19.9. The number of para-hydroxylation sites is 1. The van der Waals surface area contributed by atoms with Gasteiger partial charge in [-0.1, -0.05) is 48.5 Å². The molecule has 0 aromatic heterocycles. The average Bonchev–Trinajstić information content (AvgIpc) is 2.58. The van der Waals surface area contributed by atoms with Crippen molar-refractivity contribution in [3.63, 3.8) is 0 Å². The average molecular weight is 295 g/mol. The molecule has 2 aromatic rings. The van der Waals surface area contributed by atoms with Gasteiger partial charge in [-0.2, -0.15) is 0 Å². The highest BCUT2D eigenvalue weighted by Gasteiger charge is 2.47. The number of rotatable bonds is 3. The zero-order valence-corrected chi connectivity index (χ0v) is 13.0. The number of carbonyl (C=O) groups excluding carboxylic acids is 1. The number of amides is 1. The van der Waals surface area contributed by atoms with Crippen LogP contribution < -0.4 is 10.2 Å². The van der Waals surface area contributed by atoms with Crippen LogP contribution in [0.5, 0.6) is 0 Å². The Kier molecular flexibility index (Phi) is 3.86. The van der Waals surface area contributed by atoms with Crippen molar-refractivity contribution < 1.29 is 4.79 Å². The van der Waals surface area contributed by atoms with Gasteiger partial charge in [-0.15, -0.1) is 0 Å². The van der Waals surface area contributed by atoms with Gasteiger partial charge in [0.05, 0.1) is 0 Å². The summed E-state index contributed by atoms with van der Waals surface area (Å²) in [5.74, 6) is 0.0660. The first kappa shape index (κ1) is 14.6. The Morgan fingerprint density at radius 3 is 2.27 bits per heavy atom. The molecule has 1 unspecified atom stereocenters. The van der Waals surface area contributed by atoms with Gasteiger partial charge in [0.2, 0.25) is 0 Å². The first-order valence-corrected chi connectivity index (χ1v) is 7.51. The second-order valence-corrected chi connectivity index (χ2v) is 5.62. The number of piperazine rings is 1. The molecule has 3 rings (SSSR count).